The van der Waals surface area contributed by atoms with Crippen molar-refractivity contribution in [3.8, 4) is 0 Å². The van der Waals surface area contributed by atoms with E-state index in [9.17, 15) is 4.79 Å². The zero-order valence-electron chi connectivity index (χ0n) is 11.2. The van der Waals surface area contributed by atoms with Crippen LogP contribution < -0.4 is 0 Å². The van der Waals surface area contributed by atoms with Crippen molar-refractivity contribution in [2.45, 2.75) is 53.1 Å². The molecule has 0 aromatic carbocycles. The molecule has 0 saturated carbocycles. The molecule has 0 bridgehead atoms. The quantitative estimate of drug-likeness (QED) is 0.389. The van der Waals surface area contributed by atoms with Gasteiger partial charge in [-0.15, -0.1) is 0 Å². The van der Waals surface area contributed by atoms with Gasteiger partial charge in [-0.1, -0.05) is 45.9 Å². The molecule has 0 aromatic heterocycles. The van der Waals surface area contributed by atoms with Crippen molar-refractivity contribution in [2.75, 3.05) is 0 Å². The average molecular weight is 224 g/mol. The van der Waals surface area contributed by atoms with Crippen molar-refractivity contribution in [3.05, 3.63) is 24.8 Å². The van der Waals surface area contributed by atoms with Crippen molar-refractivity contribution >= 4 is 5.97 Å². The molecule has 0 unspecified atom stereocenters. The van der Waals surface area contributed by atoms with E-state index in [0.717, 1.165) is 12.8 Å². The molecule has 0 radical (unpaired) electrons. The van der Waals surface area contributed by atoms with Crippen LogP contribution in [0.3, 0.4) is 0 Å². The molecule has 2 nitrogen and oxygen atoms in total. The normalized spacial score (nSPS) is 12.8. The number of carbonyl (C=O) groups is 1. The molecule has 0 N–H and O–H groups in total. The molecule has 0 atom stereocenters. The minimum atomic E-state index is -0.428. The van der Waals surface area contributed by atoms with Crippen LogP contribution in [0, 0.1) is 5.41 Å². The molecule has 0 aromatic rings. The maximum Gasteiger partial charge on any atom is 0.331 e. The van der Waals surface area contributed by atoms with Gasteiger partial charge in [0.15, 0.2) is 0 Å². The summed E-state index contributed by atoms with van der Waals surface area (Å²) in [6, 6.07) is 0. The molecule has 0 amide bonds. The lowest BCUT2D eigenvalue weighted by Gasteiger charge is -2.33. The number of rotatable bonds is 6. The summed E-state index contributed by atoms with van der Waals surface area (Å²) in [5.74, 6) is -0.309. The van der Waals surface area contributed by atoms with E-state index < -0.39 is 5.60 Å². The van der Waals surface area contributed by atoms with Gasteiger partial charge in [-0.2, -0.15) is 0 Å². The molecular formula is C14H24O2. The summed E-state index contributed by atoms with van der Waals surface area (Å²) in [5.41, 5.74) is -0.242. The van der Waals surface area contributed by atoms with Crippen molar-refractivity contribution < 1.29 is 9.53 Å². The fourth-order valence-electron chi connectivity index (χ4n) is 1.77. The minimum Gasteiger partial charge on any atom is -0.456 e. The molecule has 2 heteroatoms. The Bertz CT molecular complexity index is 272. The molecule has 0 heterocycles. The molecule has 0 aliphatic carbocycles. The Hall–Kier alpha value is -1.05. The Morgan fingerprint density at radius 2 is 1.88 bits per heavy atom. The van der Waals surface area contributed by atoms with Gasteiger partial charge in [-0.3, -0.25) is 0 Å². The van der Waals surface area contributed by atoms with Gasteiger partial charge in [-0.25, -0.2) is 4.79 Å². The molecule has 16 heavy (non-hydrogen) atoms. The summed E-state index contributed by atoms with van der Waals surface area (Å²) in [4.78, 5) is 11.4. The Morgan fingerprint density at radius 1 is 1.31 bits per heavy atom. The smallest absolute Gasteiger partial charge is 0.331 e. The van der Waals surface area contributed by atoms with Crippen molar-refractivity contribution in [2.24, 2.45) is 5.41 Å². The van der Waals surface area contributed by atoms with E-state index in [0.29, 0.717) is 0 Å². The van der Waals surface area contributed by atoms with E-state index in [1.807, 2.05) is 13.8 Å². The van der Waals surface area contributed by atoms with Crippen LogP contribution in [0.25, 0.3) is 0 Å². The number of hydrogen-bond acceptors (Lipinski definition) is 2. The van der Waals surface area contributed by atoms with E-state index in [4.69, 9.17) is 4.74 Å². The molecule has 0 fully saturated rings. The highest BCUT2D eigenvalue weighted by atomic mass is 16.6. The average Bonchev–Trinajstić information content (AvgIpc) is 2.12. The summed E-state index contributed by atoms with van der Waals surface area (Å²) >= 11 is 0. The van der Waals surface area contributed by atoms with Gasteiger partial charge in [0.05, 0.1) is 0 Å². The Morgan fingerprint density at radius 3 is 2.31 bits per heavy atom. The lowest BCUT2D eigenvalue weighted by Crippen LogP contribution is -2.33. The first-order chi connectivity index (χ1) is 7.22. The van der Waals surface area contributed by atoms with E-state index >= 15 is 0 Å². The van der Waals surface area contributed by atoms with E-state index in [-0.39, 0.29) is 11.4 Å². The molecule has 0 saturated heterocycles. The largest absolute Gasteiger partial charge is 0.456 e. The zero-order chi connectivity index (χ0) is 12.8. The molecule has 0 aliphatic heterocycles. The van der Waals surface area contributed by atoms with E-state index in [2.05, 4.69) is 27.4 Å². The third kappa shape index (κ3) is 6.44. The predicted octanol–water partition coefficient (Wildman–Crippen LogP) is 3.88. The van der Waals surface area contributed by atoms with E-state index in [1.54, 1.807) is 12.2 Å². The number of carbonyl (C=O) groups excluding carboxylic acids is 1. The number of ether oxygens (including phenoxy) is 1. The first-order valence-corrected chi connectivity index (χ1v) is 5.74. The molecule has 0 aliphatic rings. The van der Waals surface area contributed by atoms with Gasteiger partial charge in [0.2, 0.25) is 0 Å². The first kappa shape index (κ1) is 14.9. The Kier molecular flexibility index (Phi) is 5.49. The number of allylic oxidation sites excluding steroid dienone is 2. The predicted molar refractivity (Wildman–Crippen MR) is 68.2 cm³/mol. The van der Waals surface area contributed by atoms with Crippen molar-refractivity contribution in [1.29, 1.82) is 0 Å². The third-order valence-corrected chi connectivity index (χ3v) is 2.61. The van der Waals surface area contributed by atoms with Crippen LogP contribution in [0.1, 0.15) is 47.5 Å². The van der Waals surface area contributed by atoms with Crippen LogP contribution in [0.15, 0.2) is 24.8 Å². The number of hydrogen-bond donors (Lipinski definition) is 0. The monoisotopic (exact) mass is 224 g/mol. The van der Waals surface area contributed by atoms with Crippen molar-refractivity contribution in [3.63, 3.8) is 0 Å². The molecule has 92 valence electrons. The third-order valence-electron chi connectivity index (χ3n) is 2.61. The van der Waals surface area contributed by atoms with Crippen LogP contribution in [0.2, 0.25) is 0 Å². The van der Waals surface area contributed by atoms with Gasteiger partial charge < -0.3 is 4.74 Å². The molecule has 0 rings (SSSR count). The summed E-state index contributed by atoms with van der Waals surface area (Å²) in [6.45, 7) is 13.9. The Balaban J connectivity index is 4.40. The maximum atomic E-state index is 11.4. The second kappa shape index (κ2) is 5.88. The van der Waals surface area contributed by atoms with Crippen LogP contribution in [0.5, 0.6) is 0 Å². The van der Waals surface area contributed by atoms with Gasteiger partial charge in [0, 0.05) is 6.08 Å². The van der Waals surface area contributed by atoms with Crippen molar-refractivity contribution in [1.82, 2.24) is 0 Å². The number of esters is 1. The van der Waals surface area contributed by atoms with Crippen LogP contribution in [-0.4, -0.2) is 11.6 Å². The fraction of sp³-hybridized carbons (Fsp3) is 0.643. The minimum absolute atomic E-state index is 0.186. The lowest BCUT2D eigenvalue weighted by atomic mass is 9.80. The van der Waals surface area contributed by atoms with Gasteiger partial charge in [-0.05, 0) is 25.7 Å². The van der Waals surface area contributed by atoms with Gasteiger partial charge in [0.25, 0.3) is 0 Å². The fourth-order valence-corrected chi connectivity index (χ4v) is 1.77. The summed E-state index contributed by atoms with van der Waals surface area (Å²) < 4.78 is 5.40. The Labute approximate surface area is 99.4 Å². The highest BCUT2D eigenvalue weighted by molar-refractivity contribution is 5.82. The second-order valence-electron chi connectivity index (χ2n) is 5.47. The highest BCUT2D eigenvalue weighted by Gasteiger charge is 2.30. The standard InChI is InChI=1S/C14H24O2/c1-7-9-10-12(15)16-14(5,6)11-13(3,4)8-2/h7,9-10H,1,8,11H2,2-6H3. The molecular weight excluding hydrogens is 200 g/mol. The SMILES string of the molecule is C=CC=CC(=O)OC(C)(C)CC(C)(C)CC. The summed E-state index contributed by atoms with van der Waals surface area (Å²) in [5, 5.41) is 0. The summed E-state index contributed by atoms with van der Waals surface area (Å²) in [7, 11) is 0. The molecule has 0 spiro atoms. The van der Waals surface area contributed by atoms with Gasteiger partial charge in [0.1, 0.15) is 5.60 Å². The summed E-state index contributed by atoms with van der Waals surface area (Å²) in [6.07, 6.45) is 6.46. The maximum absolute atomic E-state index is 11.4. The lowest BCUT2D eigenvalue weighted by molar-refractivity contribution is -0.152. The first-order valence-electron chi connectivity index (χ1n) is 5.74. The second-order valence-corrected chi connectivity index (χ2v) is 5.47. The van der Waals surface area contributed by atoms with E-state index in [1.165, 1.54) is 6.08 Å². The zero-order valence-corrected chi connectivity index (χ0v) is 11.2. The van der Waals surface area contributed by atoms with Crippen LogP contribution >= 0.6 is 0 Å². The van der Waals surface area contributed by atoms with Crippen LogP contribution in [-0.2, 0) is 9.53 Å². The van der Waals surface area contributed by atoms with Gasteiger partial charge >= 0.3 is 5.97 Å². The highest BCUT2D eigenvalue weighted by Crippen LogP contribution is 2.32. The topological polar surface area (TPSA) is 26.3 Å². The van der Waals surface area contributed by atoms with Crippen LogP contribution in [0.4, 0.5) is 0 Å².